The van der Waals surface area contributed by atoms with Gasteiger partial charge in [-0.3, -0.25) is 4.79 Å². The second kappa shape index (κ2) is 6.15. The predicted molar refractivity (Wildman–Crippen MR) is 70.7 cm³/mol. The summed E-state index contributed by atoms with van der Waals surface area (Å²) in [6.07, 6.45) is 6.03. The highest BCUT2D eigenvalue weighted by atomic mass is 16.3. The smallest absolute Gasteiger partial charge is 0.159 e. The van der Waals surface area contributed by atoms with Gasteiger partial charge in [-0.15, -0.1) is 0 Å². The summed E-state index contributed by atoms with van der Waals surface area (Å²) in [5.74, 6) is 0.536. The summed E-state index contributed by atoms with van der Waals surface area (Å²) in [6, 6.07) is 0. The van der Waals surface area contributed by atoms with Crippen molar-refractivity contribution < 1.29 is 9.90 Å². The lowest BCUT2D eigenvalue weighted by atomic mass is 9.78. The standard InChI is InChI=1S/C15H24O2/c1-10(2)6-5-7-11(3)13-9-14(16)12(4)8-15(13)17/h6,8,11,13-14,16H,5,7,9H2,1-4H3. The molecule has 0 bridgehead atoms. The lowest BCUT2D eigenvalue weighted by molar-refractivity contribution is -0.121. The summed E-state index contributed by atoms with van der Waals surface area (Å²) in [5, 5.41) is 9.80. The molecule has 2 nitrogen and oxygen atoms in total. The molecule has 0 aromatic carbocycles. The van der Waals surface area contributed by atoms with Crippen molar-refractivity contribution in [2.45, 2.75) is 53.1 Å². The number of ketones is 1. The van der Waals surface area contributed by atoms with Crippen LogP contribution in [0.15, 0.2) is 23.3 Å². The minimum atomic E-state index is -0.427. The van der Waals surface area contributed by atoms with Crippen LogP contribution in [0.5, 0.6) is 0 Å². The third kappa shape index (κ3) is 4.12. The maximum atomic E-state index is 11.9. The molecule has 3 atom stereocenters. The fourth-order valence-corrected chi connectivity index (χ4v) is 2.32. The van der Waals surface area contributed by atoms with Gasteiger partial charge in [-0.05, 0) is 57.6 Å². The van der Waals surface area contributed by atoms with Crippen LogP contribution < -0.4 is 0 Å². The molecule has 0 amide bonds. The Morgan fingerprint density at radius 3 is 2.82 bits per heavy atom. The largest absolute Gasteiger partial charge is 0.389 e. The van der Waals surface area contributed by atoms with Crippen molar-refractivity contribution in [1.29, 1.82) is 0 Å². The van der Waals surface area contributed by atoms with E-state index in [1.165, 1.54) is 5.57 Å². The van der Waals surface area contributed by atoms with Crippen molar-refractivity contribution in [1.82, 2.24) is 0 Å². The number of aliphatic hydroxyl groups excluding tert-OH is 1. The van der Waals surface area contributed by atoms with Crippen molar-refractivity contribution in [3.05, 3.63) is 23.3 Å². The van der Waals surface area contributed by atoms with E-state index in [1.54, 1.807) is 6.08 Å². The number of aliphatic hydroxyl groups is 1. The Kier molecular flexibility index (Phi) is 5.13. The number of carbonyl (C=O) groups is 1. The van der Waals surface area contributed by atoms with Crippen molar-refractivity contribution in [2.24, 2.45) is 11.8 Å². The minimum absolute atomic E-state index is 0.000683. The van der Waals surface area contributed by atoms with Crippen molar-refractivity contribution in [3.63, 3.8) is 0 Å². The van der Waals surface area contributed by atoms with Gasteiger partial charge in [0.1, 0.15) is 0 Å². The minimum Gasteiger partial charge on any atom is -0.389 e. The second-order valence-electron chi connectivity index (χ2n) is 5.48. The molecule has 1 aliphatic rings. The highest BCUT2D eigenvalue weighted by Gasteiger charge is 2.30. The SMILES string of the molecule is CC(C)=CCCC(C)C1CC(O)C(C)=CC1=O. The molecule has 2 heteroatoms. The van der Waals surface area contributed by atoms with Gasteiger partial charge in [0.25, 0.3) is 0 Å². The molecule has 0 aliphatic heterocycles. The zero-order valence-electron chi connectivity index (χ0n) is 11.4. The fraction of sp³-hybridized carbons (Fsp3) is 0.667. The molecule has 0 spiro atoms. The Morgan fingerprint density at radius 1 is 1.59 bits per heavy atom. The molecule has 0 aromatic heterocycles. The Balaban J connectivity index is 2.55. The van der Waals surface area contributed by atoms with E-state index in [0.29, 0.717) is 12.3 Å². The van der Waals surface area contributed by atoms with Gasteiger partial charge in [0.2, 0.25) is 0 Å². The molecule has 0 aromatic rings. The van der Waals surface area contributed by atoms with Gasteiger partial charge in [0, 0.05) is 5.92 Å². The Morgan fingerprint density at radius 2 is 2.24 bits per heavy atom. The second-order valence-corrected chi connectivity index (χ2v) is 5.48. The molecule has 1 aliphatic carbocycles. The summed E-state index contributed by atoms with van der Waals surface area (Å²) in [4.78, 5) is 11.9. The maximum Gasteiger partial charge on any atom is 0.159 e. The van der Waals surface area contributed by atoms with E-state index < -0.39 is 6.10 Å². The fourth-order valence-electron chi connectivity index (χ4n) is 2.32. The van der Waals surface area contributed by atoms with Crippen LogP contribution >= 0.6 is 0 Å². The molecule has 1 rings (SSSR count). The van der Waals surface area contributed by atoms with Crippen LogP contribution in [0.3, 0.4) is 0 Å². The van der Waals surface area contributed by atoms with E-state index in [9.17, 15) is 9.90 Å². The number of hydrogen-bond acceptors (Lipinski definition) is 2. The van der Waals surface area contributed by atoms with Crippen molar-refractivity contribution >= 4 is 5.78 Å². The lowest BCUT2D eigenvalue weighted by Gasteiger charge is -2.28. The lowest BCUT2D eigenvalue weighted by Crippen LogP contribution is -2.30. The third-order valence-corrected chi connectivity index (χ3v) is 3.60. The van der Waals surface area contributed by atoms with E-state index in [0.717, 1.165) is 18.4 Å². The molecule has 96 valence electrons. The van der Waals surface area contributed by atoms with E-state index in [1.807, 2.05) is 6.92 Å². The quantitative estimate of drug-likeness (QED) is 0.761. The van der Waals surface area contributed by atoms with Crippen LogP contribution in [0, 0.1) is 11.8 Å². The molecule has 0 heterocycles. The van der Waals surface area contributed by atoms with Crippen LogP contribution in [0.25, 0.3) is 0 Å². The Bertz CT molecular complexity index is 335. The molecule has 3 unspecified atom stereocenters. The van der Waals surface area contributed by atoms with Crippen LogP contribution in [0.1, 0.15) is 47.0 Å². The summed E-state index contributed by atoms with van der Waals surface area (Å²) in [7, 11) is 0. The molecule has 17 heavy (non-hydrogen) atoms. The van der Waals surface area contributed by atoms with Crippen LogP contribution in [0.2, 0.25) is 0 Å². The van der Waals surface area contributed by atoms with Gasteiger partial charge in [-0.1, -0.05) is 18.6 Å². The molecular formula is C15H24O2. The van der Waals surface area contributed by atoms with Gasteiger partial charge in [-0.2, -0.15) is 0 Å². The number of hydrogen-bond donors (Lipinski definition) is 1. The van der Waals surface area contributed by atoms with Gasteiger partial charge in [0.15, 0.2) is 5.78 Å². The van der Waals surface area contributed by atoms with E-state index in [4.69, 9.17) is 0 Å². The maximum absolute atomic E-state index is 11.9. The summed E-state index contributed by atoms with van der Waals surface area (Å²) < 4.78 is 0. The third-order valence-electron chi connectivity index (χ3n) is 3.60. The van der Waals surface area contributed by atoms with E-state index in [-0.39, 0.29) is 11.7 Å². The number of carbonyl (C=O) groups excluding carboxylic acids is 1. The highest BCUT2D eigenvalue weighted by Crippen LogP contribution is 2.29. The summed E-state index contributed by atoms with van der Waals surface area (Å²) >= 11 is 0. The molecular weight excluding hydrogens is 212 g/mol. The zero-order valence-corrected chi connectivity index (χ0v) is 11.4. The normalized spacial score (nSPS) is 26.4. The Labute approximate surface area is 104 Å². The van der Waals surface area contributed by atoms with Crippen LogP contribution in [0.4, 0.5) is 0 Å². The molecule has 0 saturated heterocycles. The molecule has 0 fully saturated rings. The first kappa shape index (κ1) is 14.2. The summed E-state index contributed by atoms with van der Waals surface area (Å²) in [6.45, 7) is 8.12. The molecule has 0 radical (unpaired) electrons. The van der Waals surface area contributed by atoms with Crippen molar-refractivity contribution in [3.8, 4) is 0 Å². The Hall–Kier alpha value is -0.890. The van der Waals surface area contributed by atoms with Gasteiger partial charge in [0.05, 0.1) is 6.10 Å². The van der Waals surface area contributed by atoms with Crippen LogP contribution in [-0.4, -0.2) is 17.0 Å². The van der Waals surface area contributed by atoms with Gasteiger partial charge < -0.3 is 5.11 Å². The van der Waals surface area contributed by atoms with Crippen molar-refractivity contribution in [2.75, 3.05) is 0 Å². The van der Waals surface area contributed by atoms with E-state index >= 15 is 0 Å². The van der Waals surface area contributed by atoms with E-state index in [2.05, 4.69) is 26.8 Å². The first-order chi connectivity index (χ1) is 7.91. The first-order valence-corrected chi connectivity index (χ1v) is 6.45. The monoisotopic (exact) mass is 236 g/mol. The topological polar surface area (TPSA) is 37.3 Å². The first-order valence-electron chi connectivity index (χ1n) is 6.45. The zero-order chi connectivity index (χ0) is 13.0. The predicted octanol–water partition coefficient (Wildman–Crippen LogP) is 3.27. The average molecular weight is 236 g/mol. The molecule has 0 saturated carbocycles. The van der Waals surface area contributed by atoms with Crippen LogP contribution in [-0.2, 0) is 4.79 Å². The average Bonchev–Trinajstić information content (AvgIpc) is 2.22. The summed E-state index contributed by atoms with van der Waals surface area (Å²) in [5.41, 5.74) is 2.13. The number of allylic oxidation sites excluding steroid dienone is 3. The molecule has 1 N–H and O–H groups in total. The van der Waals surface area contributed by atoms with Gasteiger partial charge in [-0.25, -0.2) is 0 Å². The highest BCUT2D eigenvalue weighted by molar-refractivity contribution is 5.93. The van der Waals surface area contributed by atoms with Gasteiger partial charge >= 0.3 is 0 Å². The number of rotatable bonds is 4.